The number of ether oxygens (including phenoxy) is 2. The van der Waals surface area contributed by atoms with Crippen molar-refractivity contribution in [2.24, 2.45) is 5.92 Å². The van der Waals surface area contributed by atoms with Gasteiger partial charge in [0, 0.05) is 18.0 Å². The monoisotopic (exact) mass is 523 g/mol. The highest BCUT2D eigenvalue weighted by atomic mass is 19.1. The lowest BCUT2D eigenvalue weighted by molar-refractivity contribution is -0.131. The average Bonchev–Trinajstić information content (AvgIpc) is 2.93. The summed E-state index contributed by atoms with van der Waals surface area (Å²) in [6.07, 6.45) is 2.71. The zero-order valence-electron chi connectivity index (χ0n) is 21.2. The van der Waals surface area contributed by atoms with Gasteiger partial charge >= 0.3 is 5.97 Å². The fourth-order valence-electron chi connectivity index (χ4n) is 5.11. The zero-order chi connectivity index (χ0) is 27.1. The topological polar surface area (TPSA) is 76.1 Å². The molecule has 1 aliphatic heterocycles. The summed E-state index contributed by atoms with van der Waals surface area (Å²) in [5, 5.41) is 8.89. The molecule has 1 heterocycles. The SMILES string of the molecule is COc1cc(C(=O)C(=O)O)ccc1OCCCN1CCC(C(c2ccc(F)cc2)c2ccc(F)cc2)CC1. The fourth-order valence-corrected chi connectivity index (χ4v) is 5.11. The van der Waals surface area contributed by atoms with E-state index in [0.29, 0.717) is 24.0 Å². The maximum Gasteiger partial charge on any atom is 0.377 e. The maximum absolute atomic E-state index is 13.6. The molecular weight excluding hydrogens is 492 g/mol. The van der Waals surface area contributed by atoms with Crippen LogP contribution in [0.4, 0.5) is 8.78 Å². The van der Waals surface area contributed by atoms with Crippen LogP contribution in [0.3, 0.4) is 0 Å². The first-order chi connectivity index (χ1) is 18.4. The van der Waals surface area contributed by atoms with Crippen LogP contribution < -0.4 is 9.47 Å². The lowest BCUT2D eigenvalue weighted by Gasteiger charge is -2.36. The molecule has 1 aliphatic rings. The molecule has 0 aliphatic carbocycles. The Morgan fingerprint density at radius 2 is 1.50 bits per heavy atom. The Hall–Kier alpha value is -3.78. The molecular formula is C30H31F2NO5. The summed E-state index contributed by atoms with van der Waals surface area (Å²) in [4.78, 5) is 25.0. The molecule has 0 unspecified atom stereocenters. The highest BCUT2D eigenvalue weighted by molar-refractivity contribution is 6.39. The average molecular weight is 524 g/mol. The van der Waals surface area contributed by atoms with E-state index in [1.165, 1.54) is 43.5 Å². The summed E-state index contributed by atoms with van der Waals surface area (Å²) >= 11 is 0. The molecule has 0 amide bonds. The second kappa shape index (κ2) is 12.6. The number of ketones is 1. The smallest absolute Gasteiger partial charge is 0.377 e. The maximum atomic E-state index is 13.6. The number of carboxylic acid groups (broad SMARTS) is 1. The molecule has 1 fully saturated rings. The number of methoxy groups -OCH3 is 1. The molecule has 200 valence electrons. The lowest BCUT2D eigenvalue weighted by Crippen LogP contribution is -2.36. The van der Waals surface area contributed by atoms with E-state index < -0.39 is 11.8 Å². The quantitative estimate of drug-likeness (QED) is 0.202. The van der Waals surface area contributed by atoms with Crippen molar-refractivity contribution in [2.75, 3.05) is 33.4 Å². The summed E-state index contributed by atoms with van der Waals surface area (Å²) in [6.45, 7) is 3.12. The minimum absolute atomic E-state index is 0.0316. The van der Waals surface area contributed by atoms with Crippen molar-refractivity contribution >= 4 is 11.8 Å². The fraction of sp³-hybridized carbons (Fsp3) is 0.333. The van der Waals surface area contributed by atoms with Crippen LogP contribution >= 0.6 is 0 Å². The number of piperidine rings is 1. The van der Waals surface area contributed by atoms with Crippen molar-refractivity contribution in [3.8, 4) is 11.5 Å². The molecule has 4 rings (SSSR count). The lowest BCUT2D eigenvalue weighted by atomic mass is 9.76. The number of hydrogen-bond acceptors (Lipinski definition) is 5. The molecule has 0 radical (unpaired) electrons. The van der Waals surface area contributed by atoms with Gasteiger partial charge in [-0.3, -0.25) is 4.79 Å². The van der Waals surface area contributed by atoms with Crippen molar-refractivity contribution in [1.82, 2.24) is 4.90 Å². The summed E-state index contributed by atoms with van der Waals surface area (Å²) in [5.41, 5.74) is 2.11. The number of hydrogen-bond donors (Lipinski definition) is 1. The summed E-state index contributed by atoms with van der Waals surface area (Å²) < 4.78 is 38.2. The van der Waals surface area contributed by atoms with Crippen molar-refractivity contribution < 1.29 is 33.0 Å². The van der Waals surface area contributed by atoms with Gasteiger partial charge in [0.1, 0.15) is 11.6 Å². The van der Waals surface area contributed by atoms with Gasteiger partial charge in [-0.15, -0.1) is 0 Å². The molecule has 1 saturated heterocycles. The number of carboxylic acids is 1. The van der Waals surface area contributed by atoms with Gasteiger partial charge in [0.05, 0.1) is 13.7 Å². The predicted molar refractivity (Wildman–Crippen MR) is 139 cm³/mol. The molecule has 3 aromatic rings. The van der Waals surface area contributed by atoms with Crippen LogP contribution in [0.2, 0.25) is 0 Å². The first-order valence-corrected chi connectivity index (χ1v) is 12.7. The number of aliphatic carboxylic acids is 1. The molecule has 6 nitrogen and oxygen atoms in total. The summed E-state index contributed by atoms with van der Waals surface area (Å²) in [5.74, 6) is -1.87. The van der Waals surface area contributed by atoms with Crippen LogP contribution in [0, 0.1) is 17.6 Å². The van der Waals surface area contributed by atoms with Crippen LogP contribution in [0.15, 0.2) is 66.7 Å². The van der Waals surface area contributed by atoms with Crippen LogP contribution in [0.1, 0.15) is 46.7 Å². The number of carbonyl (C=O) groups excluding carboxylic acids is 1. The van der Waals surface area contributed by atoms with Crippen LogP contribution in [-0.2, 0) is 4.79 Å². The number of halogens is 2. The third-order valence-corrected chi connectivity index (χ3v) is 7.06. The van der Waals surface area contributed by atoms with Crippen LogP contribution in [-0.4, -0.2) is 55.1 Å². The number of rotatable bonds is 11. The molecule has 0 aromatic heterocycles. The molecule has 8 heteroatoms. The standard InChI is InChI=1S/C30H31F2NO5/c1-37-27-19-23(29(34)30(35)36)7-12-26(27)38-18-2-15-33-16-13-22(14-17-33)28(20-3-8-24(31)9-4-20)21-5-10-25(32)11-6-21/h3-12,19,22,28H,2,13-18H2,1H3,(H,35,36). The van der Waals surface area contributed by atoms with Crippen molar-refractivity contribution in [3.63, 3.8) is 0 Å². The number of benzene rings is 3. The third-order valence-electron chi connectivity index (χ3n) is 7.06. The molecule has 0 spiro atoms. The first kappa shape index (κ1) is 27.3. The number of Topliss-reactive ketones (excluding diaryl/α,β-unsaturated/α-hetero) is 1. The zero-order valence-corrected chi connectivity index (χ0v) is 21.2. The largest absolute Gasteiger partial charge is 0.493 e. The van der Waals surface area contributed by atoms with Crippen LogP contribution in [0.25, 0.3) is 0 Å². The predicted octanol–water partition coefficient (Wildman–Crippen LogP) is 5.55. The Morgan fingerprint density at radius 3 is 2.03 bits per heavy atom. The summed E-state index contributed by atoms with van der Waals surface area (Å²) in [7, 11) is 1.44. The van der Waals surface area contributed by atoms with Crippen molar-refractivity contribution in [3.05, 3.63) is 95.1 Å². The van der Waals surface area contributed by atoms with Crippen LogP contribution in [0.5, 0.6) is 11.5 Å². The van der Waals surface area contributed by atoms with Gasteiger partial charge in [-0.25, -0.2) is 13.6 Å². The van der Waals surface area contributed by atoms with E-state index in [1.807, 2.05) is 24.3 Å². The van der Waals surface area contributed by atoms with E-state index in [9.17, 15) is 18.4 Å². The Kier molecular flexibility index (Phi) is 9.07. The second-order valence-electron chi connectivity index (χ2n) is 9.46. The highest BCUT2D eigenvalue weighted by Crippen LogP contribution is 2.38. The van der Waals surface area contributed by atoms with E-state index in [4.69, 9.17) is 14.6 Å². The van der Waals surface area contributed by atoms with E-state index in [-0.39, 0.29) is 23.1 Å². The molecule has 3 aromatic carbocycles. The van der Waals surface area contributed by atoms with Gasteiger partial charge in [0.25, 0.3) is 5.78 Å². The number of likely N-dealkylation sites (tertiary alicyclic amines) is 1. The van der Waals surface area contributed by atoms with Gasteiger partial charge in [-0.1, -0.05) is 24.3 Å². The van der Waals surface area contributed by atoms with Gasteiger partial charge in [0.15, 0.2) is 11.5 Å². The van der Waals surface area contributed by atoms with E-state index in [0.717, 1.165) is 50.0 Å². The Balaban J connectivity index is 1.30. The van der Waals surface area contributed by atoms with Crippen molar-refractivity contribution in [1.29, 1.82) is 0 Å². The van der Waals surface area contributed by atoms with Gasteiger partial charge in [-0.2, -0.15) is 0 Å². The van der Waals surface area contributed by atoms with E-state index >= 15 is 0 Å². The van der Waals surface area contributed by atoms with Gasteiger partial charge in [-0.05, 0) is 91.9 Å². The molecule has 0 saturated carbocycles. The Labute approximate surface area is 220 Å². The minimum Gasteiger partial charge on any atom is -0.493 e. The van der Waals surface area contributed by atoms with Gasteiger partial charge < -0.3 is 19.5 Å². The summed E-state index contributed by atoms with van der Waals surface area (Å²) in [6, 6.07) is 17.6. The Bertz CT molecular complexity index is 1190. The normalized spacial score (nSPS) is 14.4. The second-order valence-corrected chi connectivity index (χ2v) is 9.46. The number of nitrogens with zero attached hydrogens (tertiary/aromatic N) is 1. The Morgan fingerprint density at radius 1 is 0.921 bits per heavy atom. The molecule has 38 heavy (non-hydrogen) atoms. The minimum atomic E-state index is -1.52. The third kappa shape index (κ3) is 6.75. The first-order valence-electron chi connectivity index (χ1n) is 12.7. The molecule has 0 atom stereocenters. The van der Waals surface area contributed by atoms with Gasteiger partial charge in [0.2, 0.25) is 0 Å². The molecule has 1 N–H and O–H groups in total. The molecule has 0 bridgehead atoms. The van der Waals surface area contributed by atoms with E-state index in [2.05, 4.69) is 4.90 Å². The number of carbonyl (C=O) groups is 2. The van der Waals surface area contributed by atoms with Crippen molar-refractivity contribution in [2.45, 2.75) is 25.2 Å². The van der Waals surface area contributed by atoms with E-state index in [1.54, 1.807) is 6.07 Å². The highest BCUT2D eigenvalue weighted by Gasteiger charge is 2.29.